The first kappa shape index (κ1) is 15.8. The van der Waals surface area contributed by atoms with E-state index in [4.69, 9.17) is 0 Å². The predicted octanol–water partition coefficient (Wildman–Crippen LogP) is 1.15. The Morgan fingerprint density at radius 3 is 2.43 bits per heavy atom. The van der Waals surface area contributed by atoms with Crippen LogP contribution in [0.4, 0.5) is 0 Å². The van der Waals surface area contributed by atoms with E-state index in [2.05, 4.69) is 5.32 Å². The molecule has 0 bridgehead atoms. The van der Waals surface area contributed by atoms with Crippen LogP contribution in [0.3, 0.4) is 0 Å². The molecule has 0 spiro atoms. The van der Waals surface area contributed by atoms with Crippen molar-refractivity contribution in [3.05, 3.63) is 0 Å². The van der Waals surface area contributed by atoms with E-state index in [0.717, 1.165) is 25.7 Å². The lowest BCUT2D eigenvalue weighted by Gasteiger charge is -2.33. The van der Waals surface area contributed by atoms with Gasteiger partial charge in [-0.25, -0.2) is 4.79 Å². The first-order chi connectivity index (χ1) is 9.86. The summed E-state index contributed by atoms with van der Waals surface area (Å²) in [6.07, 6.45) is 5.01. The van der Waals surface area contributed by atoms with E-state index in [0.29, 0.717) is 19.4 Å². The minimum atomic E-state index is -1.15. The van der Waals surface area contributed by atoms with Crippen LogP contribution in [0.2, 0.25) is 0 Å². The number of carboxylic acid groups (broad SMARTS) is 1. The molecule has 0 radical (unpaired) electrons. The molecular formula is C15H24N2O4. The predicted molar refractivity (Wildman–Crippen MR) is 76.6 cm³/mol. The van der Waals surface area contributed by atoms with E-state index in [9.17, 15) is 19.5 Å². The van der Waals surface area contributed by atoms with Gasteiger partial charge in [-0.2, -0.15) is 0 Å². The van der Waals surface area contributed by atoms with E-state index in [1.54, 1.807) is 13.8 Å². The lowest BCUT2D eigenvalue weighted by Crippen LogP contribution is -2.56. The smallest absolute Gasteiger partial charge is 0.329 e. The molecule has 1 saturated carbocycles. The minimum absolute atomic E-state index is 0.00434. The summed E-state index contributed by atoms with van der Waals surface area (Å²) in [6, 6.07) is -0.671. The molecule has 6 nitrogen and oxygen atoms in total. The number of nitrogens with one attached hydrogen (secondary N) is 1. The summed E-state index contributed by atoms with van der Waals surface area (Å²) in [7, 11) is 0. The third kappa shape index (κ3) is 3.04. The number of rotatable bonds is 4. The normalized spacial score (nSPS) is 27.6. The number of nitrogens with zero attached hydrogens (tertiary/aromatic N) is 1. The Balaban J connectivity index is 1.98. The van der Waals surface area contributed by atoms with Gasteiger partial charge in [-0.05, 0) is 39.5 Å². The Morgan fingerprint density at radius 1 is 1.24 bits per heavy atom. The van der Waals surface area contributed by atoms with Gasteiger partial charge in [0.25, 0.3) is 0 Å². The van der Waals surface area contributed by atoms with E-state index in [1.165, 1.54) is 4.90 Å². The van der Waals surface area contributed by atoms with Gasteiger partial charge in [-0.1, -0.05) is 12.8 Å². The van der Waals surface area contributed by atoms with Crippen molar-refractivity contribution < 1.29 is 19.5 Å². The average Bonchev–Trinajstić information content (AvgIpc) is 3.07. The number of carbonyl (C=O) groups excluding carboxylic acids is 2. The highest BCUT2D eigenvalue weighted by molar-refractivity contribution is 5.92. The number of aliphatic carboxylic acids is 1. The zero-order valence-corrected chi connectivity index (χ0v) is 12.7. The Hall–Kier alpha value is -1.59. The second-order valence-corrected chi connectivity index (χ2v) is 6.38. The van der Waals surface area contributed by atoms with Crippen LogP contribution >= 0.6 is 0 Å². The monoisotopic (exact) mass is 296 g/mol. The van der Waals surface area contributed by atoms with Crippen molar-refractivity contribution in [2.75, 3.05) is 6.54 Å². The van der Waals surface area contributed by atoms with Gasteiger partial charge in [0.15, 0.2) is 0 Å². The Morgan fingerprint density at radius 2 is 1.86 bits per heavy atom. The molecule has 2 N–H and O–H groups in total. The van der Waals surface area contributed by atoms with E-state index < -0.39 is 17.6 Å². The summed E-state index contributed by atoms with van der Waals surface area (Å²) in [5, 5.41) is 12.1. The fraction of sp³-hybridized carbons (Fsp3) is 0.800. The molecule has 2 unspecified atom stereocenters. The van der Waals surface area contributed by atoms with Crippen LogP contribution in [0.1, 0.15) is 52.4 Å². The molecule has 0 aromatic rings. The van der Waals surface area contributed by atoms with Gasteiger partial charge in [-0.3, -0.25) is 9.59 Å². The summed E-state index contributed by atoms with van der Waals surface area (Å²) in [6.45, 7) is 3.65. The summed E-state index contributed by atoms with van der Waals surface area (Å²) in [5.41, 5.74) is -1.15. The van der Waals surface area contributed by atoms with Crippen molar-refractivity contribution in [2.45, 2.75) is 64.0 Å². The number of carboxylic acids is 1. The standard InChI is InChI=1S/C15H24N2O4/c1-10(16-12(18)11-6-3-4-7-11)13(19)17-9-5-8-15(17,2)14(20)21/h10-11H,3-9H2,1-2H3,(H,16,18)(H,20,21). The van der Waals surface area contributed by atoms with Gasteiger partial charge in [0.1, 0.15) is 11.6 Å². The molecule has 2 aliphatic rings. The fourth-order valence-electron chi connectivity index (χ4n) is 3.35. The maximum atomic E-state index is 12.5. The molecule has 2 amide bonds. The molecule has 2 atom stereocenters. The lowest BCUT2D eigenvalue weighted by molar-refractivity contribution is -0.156. The van der Waals surface area contributed by atoms with E-state index in [-0.39, 0.29) is 17.7 Å². The maximum absolute atomic E-state index is 12.5. The van der Waals surface area contributed by atoms with Crippen LogP contribution in [-0.4, -0.2) is 45.9 Å². The number of likely N-dealkylation sites (tertiary alicyclic amines) is 1. The van der Waals surface area contributed by atoms with Crippen LogP contribution in [0.5, 0.6) is 0 Å². The molecule has 1 saturated heterocycles. The lowest BCUT2D eigenvalue weighted by atomic mass is 9.98. The van der Waals surface area contributed by atoms with Gasteiger partial charge in [0, 0.05) is 12.5 Å². The summed E-state index contributed by atoms with van der Waals surface area (Å²) in [4.78, 5) is 37.3. The first-order valence-electron chi connectivity index (χ1n) is 7.71. The average molecular weight is 296 g/mol. The molecule has 1 aliphatic heterocycles. The van der Waals surface area contributed by atoms with Crippen molar-refractivity contribution in [2.24, 2.45) is 5.92 Å². The topological polar surface area (TPSA) is 86.7 Å². The molecule has 0 aromatic carbocycles. The van der Waals surface area contributed by atoms with Gasteiger partial charge in [-0.15, -0.1) is 0 Å². The van der Waals surface area contributed by atoms with Crippen LogP contribution in [0.25, 0.3) is 0 Å². The van der Waals surface area contributed by atoms with Crippen LogP contribution < -0.4 is 5.32 Å². The zero-order chi connectivity index (χ0) is 15.6. The Labute approximate surface area is 124 Å². The number of hydrogen-bond acceptors (Lipinski definition) is 3. The van der Waals surface area contributed by atoms with Crippen molar-refractivity contribution >= 4 is 17.8 Å². The molecule has 21 heavy (non-hydrogen) atoms. The van der Waals surface area contributed by atoms with Gasteiger partial charge < -0.3 is 15.3 Å². The highest BCUT2D eigenvalue weighted by Crippen LogP contribution is 2.30. The molecular weight excluding hydrogens is 272 g/mol. The molecule has 2 fully saturated rings. The highest BCUT2D eigenvalue weighted by atomic mass is 16.4. The minimum Gasteiger partial charge on any atom is -0.480 e. The van der Waals surface area contributed by atoms with Crippen molar-refractivity contribution in [3.63, 3.8) is 0 Å². The zero-order valence-electron chi connectivity index (χ0n) is 12.7. The van der Waals surface area contributed by atoms with Gasteiger partial charge in [0.05, 0.1) is 0 Å². The largest absolute Gasteiger partial charge is 0.480 e. The molecule has 118 valence electrons. The number of amides is 2. The third-order valence-corrected chi connectivity index (χ3v) is 4.82. The van der Waals surface area contributed by atoms with Gasteiger partial charge in [0.2, 0.25) is 11.8 Å². The SMILES string of the molecule is CC(NC(=O)C1CCCC1)C(=O)N1CCCC1(C)C(=O)O. The van der Waals surface area contributed by atoms with Crippen LogP contribution in [0.15, 0.2) is 0 Å². The second-order valence-electron chi connectivity index (χ2n) is 6.38. The quantitative estimate of drug-likeness (QED) is 0.814. The van der Waals surface area contributed by atoms with Crippen LogP contribution in [-0.2, 0) is 14.4 Å². The van der Waals surface area contributed by atoms with Crippen molar-refractivity contribution in [3.8, 4) is 0 Å². The molecule has 2 rings (SSSR count). The van der Waals surface area contributed by atoms with E-state index in [1.807, 2.05) is 0 Å². The van der Waals surface area contributed by atoms with Gasteiger partial charge >= 0.3 is 5.97 Å². The molecule has 0 aromatic heterocycles. The summed E-state index contributed by atoms with van der Waals surface area (Å²) >= 11 is 0. The van der Waals surface area contributed by atoms with E-state index >= 15 is 0 Å². The molecule has 1 aliphatic carbocycles. The first-order valence-corrected chi connectivity index (χ1v) is 7.71. The Bertz CT molecular complexity index is 445. The van der Waals surface area contributed by atoms with Crippen LogP contribution in [0, 0.1) is 5.92 Å². The fourth-order valence-corrected chi connectivity index (χ4v) is 3.35. The number of carbonyl (C=O) groups is 3. The third-order valence-electron chi connectivity index (χ3n) is 4.82. The Kier molecular flexibility index (Phi) is 4.54. The molecule has 1 heterocycles. The highest BCUT2D eigenvalue weighted by Gasteiger charge is 2.47. The van der Waals surface area contributed by atoms with Crippen molar-refractivity contribution in [1.29, 1.82) is 0 Å². The molecule has 6 heteroatoms. The second kappa shape index (κ2) is 6.03. The maximum Gasteiger partial charge on any atom is 0.329 e. The summed E-state index contributed by atoms with van der Waals surface area (Å²) in [5.74, 6) is -1.36. The number of hydrogen-bond donors (Lipinski definition) is 2. The van der Waals surface area contributed by atoms with Crippen molar-refractivity contribution in [1.82, 2.24) is 10.2 Å². The summed E-state index contributed by atoms with van der Waals surface area (Å²) < 4.78 is 0.